The van der Waals surface area contributed by atoms with Gasteiger partial charge >= 0.3 is 0 Å². The Morgan fingerprint density at radius 3 is 2.67 bits per heavy atom. The smallest absolute Gasteiger partial charge is 0.258 e. The van der Waals surface area contributed by atoms with Gasteiger partial charge in [0, 0.05) is 23.3 Å². The van der Waals surface area contributed by atoms with Crippen molar-refractivity contribution in [1.29, 1.82) is 0 Å². The van der Waals surface area contributed by atoms with E-state index in [9.17, 15) is 14.0 Å². The monoisotopic (exact) mass is 369 g/mol. The summed E-state index contributed by atoms with van der Waals surface area (Å²) in [6.07, 6.45) is 1.77. The molecule has 0 aromatic heterocycles. The molecule has 5 nitrogen and oxygen atoms in total. The summed E-state index contributed by atoms with van der Waals surface area (Å²) in [5, 5.41) is 9.11. The van der Waals surface area contributed by atoms with Crippen LogP contribution in [0.5, 0.6) is 0 Å². The number of aryl methyl sites for hydroxylation is 1. The molecule has 0 radical (unpaired) electrons. The SMILES string of the molecule is Cc1ccc(C(=O)NC2CCNC(C)C2)cc1NC(=O)c1ccccc1F. The third-order valence-electron chi connectivity index (χ3n) is 4.83. The largest absolute Gasteiger partial charge is 0.349 e. The fraction of sp³-hybridized carbons (Fsp3) is 0.333. The number of benzene rings is 2. The first-order valence-electron chi connectivity index (χ1n) is 9.15. The summed E-state index contributed by atoms with van der Waals surface area (Å²) in [4.78, 5) is 25.0. The molecule has 0 aliphatic carbocycles. The molecule has 27 heavy (non-hydrogen) atoms. The number of piperidine rings is 1. The number of rotatable bonds is 4. The lowest BCUT2D eigenvalue weighted by molar-refractivity contribution is 0.0924. The molecule has 2 aromatic carbocycles. The normalized spacial score (nSPS) is 19.4. The predicted molar refractivity (Wildman–Crippen MR) is 103 cm³/mol. The molecule has 142 valence electrons. The second kappa shape index (κ2) is 8.31. The van der Waals surface area contributed by atoms with Gasteiger partial charge in [-0.3, -0.25) is 9.59 Å². The number of hydrogen-bond acceptors (Lipinski definition) is 3. The first-order chi connectivity index (χ1) is 12.9. The van der Waals surface area contributed by atoms with Crippen molar-refractivity contribution in [2.45, 2.75) is 38.8 Å². The van der Waals surface area contributed by atoms with Crippen molar-refractivity contribution in [2.75, 3.05) is 11.9 Å². The van der Waals surface area contributed by atoms with Crippen LogP contribution >= 0.6 is 0 Å². The van der Waals surface area contributed by atoms with Gasteiger partial charge < -0.3 is 16.0 Å². The molecule has 0 saturated carbocycles. The lowest BCUT2D eigenvalue weighted by Gasteiger charge is -2.28. The van der Waals surface area contributed by atoms with E-state index in [-0.39, 0.29) is 17.5 Å². The lowest BCUT2D eigenvalue weighted by Crippen LogP contribution is -2.46. The molecule has 1 aliphatic heterocycles. The van der Waals surface area contributed by atoms with Crippen LogP contribution < -0.4 is 16.0 Å². The fourth-order valence-corrected chi connectivity index (χ4v) is 3.26. The van der Waals surface area contributed by atoms with Crippen LogP contribution in [-0.2, 0) is 0 Å². The molecule has 6 heteroatoms. The summed E-state index contributed by atoms with van der Waals surface area (Å²) in [7, 11) is 0. The van der Waals surface area contributed by atoms with Gasteiger partial charge in [-0.2, -0.15) is 0 Å². The summed E-state index contributed by atoms with van der Waals surface area (Å²) in [5.41, 5.74) is 1.73. The van der Waals surface area contributed by atoms with E-state index < -0.39 is 11.7 Å². The van der Waals surface area contributed by atoms with E-state index in [0.29, 0.717) is 17.3 Å². The highest BCUT2D eigenvalue weighted by molar-refractivity contribution is 6.05. The molecule has 1 aliphatic rings. The summed E-state index contributed by atoms with van der Waals surface area (Å²) in [6.45, 7) is 4.80. The first kappa shape index (κ1) is 19.0. The lowest BCUT2D eigenvalue weighted by atomic mass is 10.00. The van der Waals surface area contributed by atoms with Crippen LogP contribution in [0.2, 0.25) is 0 Å². The zero-order valence-electron chi connectivity index (χ0n) is 15.5. The number of halogens is 1. The van der Waals surface area contributed by atoms with Gasteiger partial charge in [-0.15, -0.1) is 0 Å². The molecule has 1 heterocycles. The third kappa shape index (κ3) is 4.71. The number of nitrogens with one attached hydrogen (secondary N) is 3. The van der Waals surface area contributed by atoms with E-state index in [4.69, 9.17) is 0 Å². The number of hydrogen-bond donors (Lipinski definition) is 3. The molecule has 0 spiro atoms. The predicted octanol–water partition coefficient (Wildman–Crippen LogP) is 3.26. The second-order valence-corrected chi connectivity index (χ2v) is 7.01. The quantitative estimate of drug-likeness (QED) is 0.775. The average molecular weight is 369 g/mol. The van der Waals surface area contributed by atoms with Gasteiger partial charge in [0.1, 0.15) is 5.82 Å². The Hall–Kier alpha value is -2.73. The van der Waals surface area contributed by atoms with E-state index in [1.54, 1.807) is 24.3 Å². The molecule has 2 unspecified atom stereocenters. The molecular weight excluding hydrogens is 345 g/mol. The maximum absolute atomic E-state index is 13.8. The molecule has 2 aromatic rings. The van der Waals surface area contributed by atoms with Gasteiger partial charge in [0.15, 0.2) is 0 Å². The summed E-state index contributed by atoms with van der Waals surface area (Å²) < 4.78 is 13.8. The number of carbonyl (C=O) groups is 2. The number of amides is 2. The van der Waals surface area contributed by atoms with Crippen LogP contribution in [0, 0.1) is 12.7 Å². The Morgan fingerprint density at radius 1 is 1.15 bits per heavy atom. The summed E-state index contributed by atoms with van der Waals surface area (Å²) >= 11 is 0. The Kier molecular flexibility index (Phi) is 5.86. The highest BCUT2D eigenvalue weighted by Crippen LogP contribution is 2.19. The number of carbonyl (C=O) groups excluding carboxylic acids is 2. The topological polar surface area (TPSA) is 70.2 Å². The van der Waals surface area contributed by atoms with Crippen molar-refractivity contribution < 1.29 is 14.0 Å². The van der Waals surface area contributed by atoms with E-state index in [1.165, 1.54) is 18.2 Å². The van der Waals surface area contributed by atoms with Crippen molar-refractivity contribution in [3.8, 4) is 0 Å². The first-order valence-corrected chi connectivity index (χ1v) is 9.15. The van der Waals surface area contributed by atoms with Gasteiger partial charge in [0.05, 0.1) is 5.56 Å². The zero-order valence-corrected chi connectivity index (χ0v) is 15.5. The van der Waals surface area contributed by atoms with Gasteiger partial charge in [0.25, 0.3) is 11.8 Å². The molecular formula is C21H24FN3O2. The molecule has 0 bridgehead atoms. The highest BCUT2D eigenvalue weighted by atomic mass is 19.1. The maximum Gasteiger partial charge on any atom is 0.258 e. The van der Waals surface area contributed by atoms with Gasteiger partial charge in [-0.25, -0.2) is 4.39 Å². The minimum atomic E-state index is -0.582. The van der Waals surface area contributed by atoms with E-state index >= 15 is 0 Å². The van der Waals surface area contributed by atoms with Gasteiger partial charge in [0.2, 0.25) is 0 Å². The Balaban J connectivity index is 1.73. The zero-order chi connectivity index (χ0) is 19.4. The Morgan fingerprint density at radius 2 is 1.93 bits per heavy atom. The summed E-state index contributed by atoms with van der Waals surface area (Å²) in [6, 6.07) is 11.4. The Bertz CT molecular complexity index is 853. The van der Waals surface area contributed by atoms with Crippen molar-refractivity contribution in [3.05, 3.63) is 65.0 Å². The van der Waals surface area contributed by atoms with Crippen molar-refractivity contribution in [3.63, 3.8) is 0 Å². The average Bonchev–Trinajstić information content (AvgIpc) is 2.63. The van der Waals surface area contributed by atoms with Crippen molar-refractivity contribution >= 4 is 17.5 Å². The van der Waals surface area contributed by atoms with Crippen LogP contribution in [0.25, 0.3) is 0 Å². The van der Waals surface area contributed by atoms with E-state index in [1.807, 2.05) is 6.92 Å². The van der Waals surface area contributed by atoms with Crippen LogP contribution in [0.1, 0.15) is 46.0 Å². The minimum absolute atomic E-state index is 0.0320. The van der Waals surface area contributed by atoms with Crippen LogP contribution in [0.3, 0.4) is 0 Å². The van der Waals surface area contributed by atoms with E-state index in [0.717, 1.165) is 24.9 Å². The highest BCUT2D eigenvalue weighted by Gasteiger charge is 2.21. The maximum atomic E-state index is 13.8. The van der Waals surface area contributed by atoms with Crippen LogP contribution in [0.4, 0.5) is 10.1 Å². The molecule has 1 fully saturated rings. The number of anilines is 1. The van der Waals surface area contributed by atoms with E-state index in [2.05, 4.69) is 22.9 Å². The standard InChI is InChI=1S/C21H24FN3O2/c1-13-7-8-15(20(26)24-16-9-10-23-14(2)11-16)12-19(13)25-21(27)17-5-3-4-6-18(17)22/h3-8,12,14,16,23H,9-11H2,1-2H3,(H,24,26)(H,25,27). The minimum Gasteiger partial charge on any atom is -0.349 e. The molecule has 1 saturated heterocycles. The Labute approximate surface area is 158 Å². The van der Waals surface area contributed by atoms with Crippen LogP contribution in [-0.4, -0.2) is 30.4 Å². The van der Waals surface area contributed by atoms with Crippen LogP contribution in [0.15, 0.2) is 42.5 Å². The molecule has 3 rings (SSSR count). The van der Waals surface area contributed by atoms with Gasteiger partial charge in [-0.05, 0) is 63.1 Å². The third-order valence-corrected chi connectivity index (χ3v) is 4.83. The molecule has 3 N–H and O–H groups in total. The van der Waals surface area contributed by atoms with Crippen molar-refractivity contribution in [1.82, 2.24) is 10.6 Å². The molecule has 2 atom stereocenters. The second-order valence-electron chi connectivity index (χ2n) is 7.01. The molecule has 2 amide bonds. The summed E-state index contributed by atoms with van der Waals surface area (Å²) in [5.74, 6) is -1.29. The fourth-order valence-electron chi connectivity index (χ4n) is 3.26. The van der Waals surface area contributed by atoms with Crippen molar-refractivity contribution in [2.24, 2.45) is 0 Å². The van der Waals surface area contributed by atoms with Gasteiger partial charge in [-0.1, -0.05) is 18.2 Å².